The van der Waals surface area contributed by atoms with Gasteiger partial charge in [0.05, 0.1) is 3.79 Å². The van der Waals surface area contributed by atoms with E-state index in [-0.39, 0.29) is 6.04 Å². The van der Waals surface area contributed by atoms with Crippen LogP contribution in [-0.4, -0.2) is 6.54 Å². The van der Waals surface area contributed by atoms with Gasteiger partial charge in [0.15, 0.2) is 0 Å². The van der Waals surface area contributed by atoms with E-state index in [1.54, 1.807) is 17.4 Å². The van der Waals surface area contributed by atoms with Crippen LogP contribution >= 0.6 is 50.5 Å². The molecule has 0 aliphatic carbocycles. The van der Waals surface area contributed by atoms with Gasteiger partial charge in [-0.15, -0.1) is 11.3 Å². The van der Waals surface area contributed by atoms with Crippen LogP contribution in [-0.2, 0) is 6.42 Å². The number of rotatable bonds is 6. The molecule has 1 nitrogen and oxygen atoms in total. The molecule has 1 aromatic carbocycles. The summed E-state index contributed by atoms with van der Waals surface area (Å²) in [6.07, 6.45) is 2.02. The molecule has 1 aromatic heterocycles. The first kappa shape index (κ1) is 16.3. The number of hydrogen-bond donors (Lipinski definition) is 1. The van der Waals surface area contributed by atoms with E-state index in [2.05, 4.69) is 40.3 Å². The largest absolute Gasteiger partial charge is 0.310 e. The molecule has 1 heterocycles. The topological polar surface area (TPSA) is 12.0 Å². The van der Waals surface area contributed by atoms with Crippen molar-refractivity contribution in [3.63, 3.8) is 0 Å². The van der Waals surface area contributed by atoms with Crippen molar-refractivity contribution in [1.29, 1.82) is 0 Å². The van der Waals surface area contributed by atoms with Gasteiger partial charge in [-0.1, -0.05) is 36.2 Å². The lowest BCUT2D eigenvalue weighted by Gasteiger charge is -2.18. The monoisotopic (exact) mass is 391 g/mol. The van der Waals surface area contributed by atoms with Crippen LogP contribution in [0.15, 0.2) is 34.1 Å². The molecule has 1 unspecified atom stereocenters. The highest BCUT2D eigenvalue weighted by Crippen LogP contribution is 2.28. The Morgan fingerprint density at radius 3 is 2.65 bits per heavy atom. The van der Waals surface area contributed by atoms with Crippen LogP contribution in [0.2, 0.25) is 10.0 Å². The third-order valence-electron chi connectivity index (χ3n) is 3.14. The van der Waals surface area contributed by atoms with E-state index in [0.717, 1.165) is 30.0 Å². The minimum atomic E-state index is 0.267. The molecule has 0 bridgehead atoms. The van der Waals surface area contributed by atoms with Crippen LogP contribution in [0.3, 0.4) is 0 Å². The maximum atomic E-state index is 6.27. The molecule has 0 fully saturated rings. The summed E-state index contributed by atoms with van der Waals surface area (Å²) in [6, 6.07) is 10.2. The average Bonchev–Trinajstić information content (AvgIpc) is 2.81. The molecule has 0 aliphatic rings. The average molecular weight is 393 g/mol. The zero-order valence-corrected chi connectivity index (χ0v) is 15.0. The molecule has 0 saturated heterocycles. The van der Waals surface area contributed by atoms with Gasteiger partial charge in [-0.2, -0.15) is 0 Å². The lowest BCUT2D eigenvalue weighted by Crippen LogP contribution is -2.23. The van der Waals surface area contributed by atoms with Crippen LogP contribution in [0.4, 0.5) is 0 Å². The van der Waals surface area contributed by atoms with E-state index in [9.17, 15) is 0 Å². The Labute approximate surface area is 142 Å². The van der Waals surface area contributed by atoms with Gasteiger partial charge in [-0.05, 0) is 58.6 Å². The molecule has 1 N–H and O–H groups in total. The van der Waals surface area contributed by atoms with E-state index in [4.69, 9.17) is 23.2 Å². The normalized spacial score (nSPS) is 12.6. The second kappa shape index (κ2) is 7.81. The van der Waals surface area contributed by atoms with Crippen molar-refractivity contribution < 1.29 is 0 Å². The third-order valence-corrected chi connectivity index (χ3v) is 5.38. The van der Waals surface area contributed by atoms with Gasteiger partial charge in [0.25, 0.3) is 0 Å². The van der Waals surface area contributed by atoms with Gasteiger partial charge >= 0.3 is 0 Å². The number of thiophene rings is 1. The van der Waals surface area contributed by atoms with Crippen molar-refractivity contribution in [3.05, 3.63) is 54.6 Å². The van der Waals surface area contributed by atoms with Crippen LogP contribution in [0.1, 0.15) is 29.8 Å². The van der Waals surface area contributed by atoms with Gasteiger partial charge < -0.3 is 5.32 Å². The molecule has 0 spiro atoms. The predicted octanol–water partition coefficient (Wildman–Crippen LogP) is 6.10. The molecule has 20 heavy (non-hydrogen) atoms. The molecule has 0 radical (unpaired) electrons. The molecule has 2 aromatic rings. The fourth-order valence-corrected chi connectivity index (χ4v) is 4.14. The van der Waals surface area contributed by atoms with Gasteiger partial charge in [-0.3, -0.25) is 0 Å². The summed E-state index contributed by atoms with van der Waals surface area (Å²) in [5, 5.41) is 4.98. The summed E-state index contributed by atoms with van der Waals surface area (Å²) < 4.78 is 1.18. The number of halogens is 3. The SMILES string of the molecule is CCC(NCCc1ccc(Br)s1)c1ccc(Cl)cc1Cl. The van der Waals surface area contributed by atoms with Crippen molar-refractivity contribution in [2.24, 2.45) is 0 Å². The smallest absolute Gasteiger partial charge is 0.0701 e. The van der Waals surface area contributed by atoms with Crippen LogP contribution in [0.25, 0.3) is 0 Å². The van der Waals surface area contributed by atoms with Crippen molar-refractivity contribution in [3.8, 4) is 0 Å². The Balaban J connectivity index is 1.95. The second-order valence-corrected chi connectivity index (χ2v) is 7.93. The first-order valence-electron chi connectivity index (χ1n) is 6.52. The minimum Gasteiger partial charge on any atom is -0.310 e. The zero-order chi connectivity index (χ0) is 14.5. The van der Waals surface area contributed by atoms with Gasteiger partial charge in [0.2, 0.25) is 0 Å². The molecule has 5 heteroatoms. The number of benzene rings is 1. The first-order chi connectivity index (χ1) is 9.60. The van der Waals surface area contributed by atoms with Crippen molar-refractivity contribution >= 4 is 50.5 Å². The Kier molecular flexibility index (Phi) is 6.37. The maximum absolute atomic E-state index is 6.27. The molecule has 0 amide bonds. The summed E-state index contributed by atoms with van der Waals surface area (Å²) in [4.78, 5) is 1.38. The highest BCUT2D eigenvalue weighted by atomic mass is 79.9. The molecule has 108 valence electrons. The van der Waals surface area contributed by atoms with Crippen LogP contribution in [0.5, 0.6) is 0 Å². The molecule has 0 aliphatic heterocycles. The quantitative estimate of drug-likeness (QED) is 0.625. The van der Waals surface area contributed by atoms with Crippen molar-refractivity contribution in [1.82, 2.24) is 5.32 Å². The van der Waals surface area contributed by atoms with Gasteiger partial charge in [0, 0.05) is 27.5 Å². The second-order valence-electron chi connectivity index (χ2n) is 4.54. The summed E-state index contributed by atoms with van der Waals surface area (Å²) in [7, 11) is 0. The van der Waals surface area contributed by atoms with E-state index in [1.165, 1.54) is 8.66 Å². The summed E-state index contributed by atoms with van der Waals surface area (Å²) in [6.45, 7) is 3.09. The standard InChI is InChI=1S/C15H16BrCl2NS/c1-2-14(12-5-3-10(17)9-13(12)18)19-8-7-11-4-6-15(16)20-11/h3-6,9,14,19H,2,7-8H2,1H3. The summed E-state index contributed by atoms with van der Waals surface area (Å²) >= 11 is 17.5. The van der Waals surface area contributed by atoms with E-state index < -0.39 is 0 Å². The van der Waals surface area contributed by atoms with E-state index in [1.807, 2.05) is 12.1 Å². The zero-order valence-electron chi connectivity index (χ0n) is 11.1. The lowest BCUT2D eigenvalue weighted by atomic mass is 10.0. The minimum absolute atomic E-state index is 0.267. The van der Waals surface area contributed by atoms with Crippen molar-refractivity contribution in [2.75, 3.05) is 6.54 Å². The Morgan fingerprint density at radius 1 is 1.25 bits per heavy atom. The number of nitrogens with one attached hydrogen (secondary N) is 1. The number of hydrogen-bond acceptors (Lipinski definition) is 2. The Hall–Kier alpha value is -0.0600. The lowest BCUT2D eigenvalue weighted by molar-refractivity contribution is 0.524. The fraction of sp³-hybridized carbons (Fsp3) is 0.333. The van der Waals surface area contributed by atoms with Crippen LogP contribution < -0.4 is 5.32 Å². The first-order valence-corrected chi connectivity index (χ1v) is 8.89. The highest BCUT2D eigenvalue weighted by Gasteiger charge is 2.12. The Morgan fingerprint density at radius 2 is 2.05 bits per heavy atom. The molecule has 1 atom stereocenters. The summed E-state index contributed by atoms with van der Waals surface area (Å²) in [5.41, 5.74) is 1.12. The van der Waals surface area contributed by atoms with Gasteiger partial charge in [0.1, 0.15) is 0 Å². The van der Waals surface area contributed by atoms with E-state index in [0.29, 0.717) is 5.02 Å². The fourth-order valence-electron chi connectivity index (χ4n) is 2.11. The van der Waals surface area contributed by atoms with E-state index >= 15 is 0 Å². The summed E-state index contributed by atoms with van der Waals surface area (Å²) in [5.74, 6) is 0. The highest BCUT2D eigenvalue weighted by molar-refractivity contribution is 9.11. The predicted molar refractivity (Wildman–Crippen MR) is 93.2 cm³/mol. The van der Waals surface area contributed by atoms with Crippen molar-refractivity contribution in [2.45, 2.75) is 25.8 Å². The molecular formula is C15H16BrCl2NS. The molecule has 0 saturated carbocycles. The van der Waals surface area contributed by atoms with Crippen LogP contribution in [0, 0.1) is 0 Å². The van der Waals surface area contributed by atoms with Gasteiger partial charge in [-0.25, -0.2) is 0 Å². The molecular weight excluding hydrogens is 377 g/mol. The Bertz CT molecular complexity index is 571. The molecule has 2 rings (SSSR count). The third kappa shape index (κ3) is 4.47. The maximum Gasteiger partial charge on any atom is 0.0701 e.